The lowest BCUT2D eigenvalue weighted by atomic mass is 10.1. The molecule has 1 heterocycles. The molecular formula is C16H23N3S. The molecule has 2 aromatic rings. The van der Waals surface area contributed by atoms with Crippen LogP contribution in [0.25, 0.3) is 11.4 Å². The standard InChI is InChI=1S/C16H23N3S/c1-3-4-5-7-10-13(2)19-15(17-18-16(19)20)14-11-8-6-9-12-14/h6,8-9,11-13H,3-5,7,10H2,1-2H3,(H,18,20). The van der Waals surface area contributed by atoms with Crippen molar-refractivity contribution in [2.75, 3.05) is 0 Å². The summed E-state index contributed by atoms with van der Waals surface area (Å²) in [6, 6.07) is 10.6. The summed E-state index contributed by atoms with van der Waals surface area (Å²) in [5.41, 5.74) is 1.11. The topological polar surface area (TPSA) is 33.6 Å². The average Bonchev–Trinajstić information content (AvgIpc) is 2.86. The summed E-state index contributed by atoms with van der Waals surface area (Å²) >= 11 is 5.40. The molecule has 20 heavy (non-hydrogen) atoms. The number of nitrogens with zero attached hydrogens (tertiary/aromatic N) is 2. The molecule has 4 heteroatoms. The molecule has 0 spiro atoms. The van der Waals surface area contributed by atoms with Crippen LogP contribution < -0.4 is 0 Å². The van der Waals surface area contributed by atoms with E-state index in [4.69, 9.17) is 12.2 Å². The van der Waals surface area contributed by atoms with E-state index in [0.717, 1.165) is 17.8 Å². The second-order valence-corrected chi connectivity index (χ2v) is 5.67. The fourth-order valence-electron chi connectivity index (χ4n) is 2.50. The van der Waals surface area contributed by atoms with Crippen LogP contribution >= 0.6 is 12.2 Å². The summed E-state index contributed by atoms with van der Waals surface area (Å²) in [4.78, 5) is 0. The lowest BCUT2D eigenvalue weighted by Crippen LogP contribution is -2.07. The summed E-state index contributed by atoms with van der Waals surface area (Å²) in [6.45, 7) is 4.47. The van der Waals surface area contributed by atoms with Crippen molar-refractivity contribution in [2.45, 2.75) is 52.0 Å². The molecule has 0 aliphatic heterocycles. The monoisotopic (exact) mass is 289 g/mol. The first-order valence-electron chi connectivity index (χ1n) is 7.46. The van der Waals surface area contributed by atoms with Crippen molar-refractivity contribution in [1.29, 1.82) is 0 Å². The fourth-order valence-corrected chi connectivity index (χ4v) is 2.81. The van der Waals surface area contributed by atoms with Crippen molar-refractivity contribution in [1.82, 2.24) is 14.8 Å². The van der Waals surface area contributed by atoms with Gasteiger partial charge in [-0.15, -0.1) is 0 Å². The van der Waals surface area contributed by atoms with Crippen molar-refractivity contribution in [3.05, 3.63) is 35.1 Å². The van der Waals surface area contributed by atoms with Gasteiger partial charge in [-0.05, 0) is 25.6 Å². The Bertz CT molecular complexity index is 571. The summed E-state index contributed by atoms with van der Waals surface area (Å²) in [6.07, 6.45) is 6.28. The molecule has 0 bridgehead atoms. The summed E-state index contributed by atoms with van der Waals surface area (Å²) < 4.78 is 2.86. The van der Waals surface area contributed by atoms with Crippen molar-refractivity contribution in [3.63, 3.8) is 0 Å². The zero-order valence-electron chi connectivity index (χ0n) is 12.3. The smallest absolute Gasteiger partial charge is 0.195 e. The summed E-state index contributed by atoms with van der Waals surface area (Å²) in [5, 5.41) is 7.33. The average molecular weight is 289 g/mol. The number of unbranched alkanes of at least 4 members (excludes halogenated alkanes) is 3. The van der Waals surface area contributed by atoms with E-state index >= 15 is 0 Å². The van der Waals surface area contributed by atoms with Gasteiger partial charge in [0.25, 0.3) is 0 Å². The van der Waals surface area contributed by atoms with Gasteiger partial charge in [-0.1, -0.05) is 62.9 Å². The first-order valence-corrected chi connectivity index (χ1v) is 7.87. The predicted molar refractivity (Wildman–Crippen MR) is 86.3 cm³/mol. The third-order valence-corrected chi connectivity index (χ3v) is 3.94. The van der Waals surface area contributed by atoms with Crippen molar-refractivity contribution in [2.24, 2.45) is 0 Å². The number of hydrogen-bond acceptors (Lipinski definition) is 2. The second kappa shape index (κ2) is 7.39. The molecule has 1 unspecified atom stereocenters. The van der Waals surface area contributed by atoms with E-state index in [1.54, 1.807) is 0 Å². The van der Waals surface area contributed by atoms with Crippen molar-refractivity contribution < 1.29 is 0 Å². The first-order chi connectivity index (χ1) is 9.74. The number of aromatic amines is 1. The Kier molecular flexibility index (Phi) is 5.53. The van der Waals surface area contributed by atoms with E-state index < -0.39 is 0 Å². The highest BCUT2D eigenvalue weighted by molar-refractivity contribution is 7.71. The van der Waals surface area contributed by atoms with Gasteiger partial charge in [0, 0.05) is 11.6 Å². The number of benzene rings is 1. The Balaban J connectivity index is 2.15. The zero-order chi connectivity index (χ0) is 14.4. The molecule has 0 saturated carbocycles. The van der Waals surface area contributed by atoms with Crippen LogP contribution in [0, 0.1) is 4.77 Å². The molecule has 0 aliphatic rings. The largest absolute Gasteiger partial charge is 0.297 e. The SMILES string of the molecule is CCCCCCC(C)n1c(-c2ccccc2)n[nH]c1=S. The molecule has 0 fully saturated rings. The molecule has 0 saturated heterocycles. The van der Waals surface area contributed by atoms with Crippen molar-refractivity contribution >= 4 is 12.2 Å². The van der Waals surface area contributed by atoms with Gasteiger partial charge in [-0.3, -0.25) is 9.67 Å². The van der Waals surface area contributed by atoms with Crippen LogP contribution in [-0.2, 0) is 0 Å². The second-order valence-electron chi connectivity index (χ2n) is 5.29. The van der Waals surface area contributed by atoms with Crippen LogP contribution in [0.4, 0.5) is 0 Å². The van der Waals surface area contributed by atoms with Gasteiger partial charge < -0.3 is 0 Å². The maximum atomic E-state index is 5.40. The van der Waals surface area contributed by atoms with Gasteiger partial charge in [-0.25, -0.2) is 0 Å². The van der Waals surface area contributed by atoms with E-state index in [2.05, 4.69) is 40.7 Å². The maximum Gasteiger partial charge on any atom is 0.195 e. The molecule has 0 aliphatic carbocycles. The molecule has 2 rings (SSSR count). The van der Waals surface area contributed by atoms with Gasteiger partial charge in [0.2, 0.25) is 0 Å². The van der Waals surface area contributed by atoms with E-state index in [-0.39, 0.29) is 0 Å². The van der Waals surface area contributed by atoms with Gasteiger partial charge in [0.1, 0.15) is 0 Å². The van der Waals surface area contributed by atoms with Gasteiger partial charge in [0.15, 0.2) is 10.6 Å². The van der Waals surface area contributed by atoms with Crippen LogP contribution in [0.1, 0.15) is 52.0 Å². The summed E-state index contributed by atoms with van der Waals surface area (Å²) in [5.74, 6) is 0.943. The van der Waals surface area contributed by atoms with Crippen molar-refractivity contribution in [3.8, 4) is 11.4 Å². The lowest BCUT2D eigenvalue weighted by Gasteiger charge is -2.15. The zero-order valence-corrected chi connectivity index (χ0v) is 13.1. The normalized spacial score (nSPS) is 12.5. The molecule has 3 nitrogen and oxygen atoms in total. The molecular weight excluding hydrogens is 266 g/mol. The third kappa shape index (κ3) is 3.57. The van der Waals surface area contributed by atoms with Gasteiger partial charge in [-0.2, -0.15) is 5.10 Å². The minimum atomic E-state index is 0.383. The Labute approximate surface area is 126 Å². The molecule has 0 amide bonds. The minimum absolute atomic E-state index is 0.383. The van der Waals surface area contributed by atoms with Crippen LogP contribution in [0.2, 0.25) is 0 Å². The number of rotatable bonds is 7. The molecule has 1 N–H and O–H groups in total. The highest BCUT2D eigenvalue weighted by Gasteiger charge is 2.13. The molecule has 1 aromatic heterocycles. The minimum Gasteiger partial charge on any atom is -0.297 e. The van der Waals surface area contributed by atoms with Crippen LogP contribution in [0.5, 0.6) is 0 Å². The molecule has 0 radical (unpaired) electrons. The summed E-state index contributed by atoms with van der Waals surface area (Å²) in [7, 11) is 0. The van der Waals surface area contributed by atoms with E-state index in [9.17, 15) is 0 Å². The fraction of sp³-hybridized carbons (Fsp3) is 0.500. The van der Waals surface area contributed by atoms with E-state index in [1.807, 2.05) is 18.2 Å². The lowest BCUT2D eigenvalue weighted by molar-refractivity contribution is 0.471. The van der Waals surface area contributed by atoms with Crippen LogP contribution in [-0.4, -0.2) is 14.8 Å². The Morgan fingerprint density at radius 3 is 2.65 bits per heavy atom. The highest BCUT2D eigenvalue weighted by Crippen LogP contribution is 2.24. The first kappa shape index (κ1) is 15.0. The Hall–Kier alpha value is -1.42. The van der Waals surface area contributed by atoms with E-state index in [1.165, 1.54) is 25.7 Å². The molecule has 1 aromatic carbocycles. The van der Waals surface area contributed by atoms with Crippen LogP contribution in [0.15, 0.2) is 30.3 Å². The van der Waals surface area contributed by atoms with Crippen LogP contribution in [0.3, 0.4) is 0 Å². The third-order valence-electron chi connectivity index (χ3n) is 3.65. The van der Waals surface area contributed by atoms with E-state index in [0.29, 0.717) is 10.8 Å². The molecule has 1 atom stereocenters. The Morgan fingerprint density at radius 2 is 1.95 bits per heavy atom. The molecule has 108 valence electrons. The maximum absolute atomic E-state index is 5.40. The Morgan fingerprint density at radius 1 is 1.20 bits per heavy atom. The number of aromatic nitrogens is 3. The van der Waals surface area contributed by atoms with Gasteiger partial charge >= 0.3 is 0 Å². The number of nitrogens with one attached hydrogen (secondary N) is 1. The number of H-pyrrole nitrogens is 1. The quantitative estimate of drug-likeness (QED) is 0.565. The van der Waals surface area contributed by atoms with Gasteiger partial charge in [0.05, 0.1) is 0 Å². The number of hydrogen-bond donors (Lipinski definition) is 1. The predicted octanol–water partition coefficient (Wildman–Crippen LogP) is 5.14. The highest BCUT2D eigenvalue weighted by atomic mass is 32.1.